The van der Waals surface area contributed by atoms with Crippen molar-refractivity contribution in [1.29, 1.82) is 0 Å². The molecule has 144 valence electrons. The molecule has 2 atom stereocenters. The molecule has 2 aromatic rings. The zero-order valence-electron chi connectivity index (χ0n) is 15.9. The van der Waals surface area contributed by atoms with Gasteiger partial charge in [-0.05, 0) is 44.0 Å². The molecule has 0 bridgehead atoms. The quantitative estimate of drug-likeness (QED) is 0.435. The molecule has 0 radical (unpaired) electrons. The third kappa shape index (κ3) is 5.10. The van der Waals surface area contributed by atoms with Crippen molar-refractivity contribution in [2.24, 2.45) is 9.98 Å². The summed E-state index contributed by atoms with van der Waals surface area (Å²) in [6.07, 6.45) is 7.10. The average molecular weight is 434 g/mol. The van der Waals surface area contributed by atoms with Gasteiger partial charge in [-0.1, -0.05) is 12.8 Å². The number of benzene rings is 2. The van der Waals surface area contributed by atoms with Gasteiger partial charge in [-0.2, -0.15) is 0 Å². The van der Waals surface area contributed by atoms with E-state index in [1.165, 1.54) is 24.3 Å². The maximum absolute atomic E-state index is 9.95. The molecule has 2 unspecified atom stereocenters. The molecule has 0 amide bonds. The Bertz CT molecular complexity index is 885. The number of aliphatic imine (C=N–C) groups is 2. The van der Waals surface area contributed by atoms with Crippen molar-refractivity contribution in [3.05, 3.63) is 47.5 Å². The zero-order chi connectivity index (χ0) is 19.4. The Morgan fingerprint density at radius 3 is 2.04 bits per heavy atom. The van der Waals surface area contributed by atoms with Gasteiger partial charge >= 0.3 is 0 Å². The van der Waals surface area contributed by atoms with Crippen LogP contribution in [0.3, 0.4) is 0 Å². The van der Waals surface area contributed by atoms with Crippen LogP contribution in [0.2, 0.25) is 0 Å². The van der Waals surface area contributed by atoms with E-state index in [0.717, 1.165) is 25.7 Å². The Morgan fingerprint density at radius 1 is 0.893 bits per heavy atom. The Morgan fingerprint density at radius 2 is 1.46 bits per heavy atom. The van der Waals surface area contributed by atoms with E-state index in [1.54, 1.807) is 24.6 Å². The summed E-state index contributed by atoms with van der Waals surface area (Å²) in [6, 6.07) is 8.76. The molecule has 4 N–H and O–H groups in total. The van der Waals surface area contributed by atoms with E-state index in [1.807, 2.05) is 6.92 Å². The number of rotatable bonds is 4. The molecule has 6 nitrogen and oxygen atoms in total. The van der Waals surface area contributed by atoms with Crippen LogP contribution in [0.4, 0.5) is 0 Å². The minimum absolute atomic E-state index is 0. The Labute approximate surface area is 177 Å². The van der Waals surface area contributed by atoms with Crippen LogP contribution in [0.1, 0.15) is 43.7 Å². The Hall–Kier alpha value is -2.40. The second-order valence-electron chi connectivity index (χ2n) is 7.14. The van der Waals surface area contributed by atoms with Crippen LogP contribution in [0, 0.1) is 0 Å². The zero-order valence-corrected chi connectivity index (χ0v) is 18.9. The number of hydrogen-bond donors (Lipinski definition) is 4. The summed E-state index contributed by atoms with van der Waals surface area (Å²) in [5, 5.41) is 38.7. The smallest absolute Gasteiger partial charge is 0.128 e. The van der Waals surface area contributed by atoms with E-state index in [2.05, 4.69) is 4.99 Å². The van der Waals surface area contributed by atoms with Crippen molar-refractivity contribution in [2.45, 2.75) is 44.2 Å². The third-order valence-electron chi connectivity index (χ3n) is 5.05. The van der Waals surface area contributed by atoms with E-state index in [0.29, 0.717) is 11.1 Å². The fourth-order valence-electron chi connectivity index (χ4n) is 3.35. The number of aromatic hydroxyl groups is 4. The molecular weight excluding hydrogens is 410 g/mol. The first kappa shape index (κ1) is 21.9. The van der Waals surface area contributed by atoms with Crippen molar-refractivity contribution in [3.63, 3.8) is 0 Å². The van der Waals surface area contributed by atoms with Gasteiger partial charge in [-0.25, -0.2) is 0 Å². The monoisotopic (exact) mass is 432 g/mol. The van der Waals surface area contributed by atoms with Gasteiger partial charge < -0.3 is 20.4 Å². The first-order chi connectivity index (χ1) is 12.9. The first-order valence-corrected chi connectivity index (χ1v) is 9.00. The van der Waals surface area contributed by atoms with Crippen LogP contribution in [0.5, 0.6) is 23.0 Å². The Kier molecular flexibility index (Phi) is 7.19. The maximum Gasteiger partial charge on any atom is 0.128 e. The molecule has 2 aromatic carbocycles. The van der Waals surface area contributed by atoms with Gasteiger partial charge in [0, 0.05) is 55.2 Å². The maximum atomic E-state index is 9.95. The van der Waals surface area contributed by atoms with Gasteiger partial charge in [0.2, 0.25) is 0 Å². The van der Waals surface area contributed by atoms with E-state index < -0.39 is 5.54 Å². The van der Waals surface area contributed by atoms with Crippen LogP contribution >= 0.6 is 0 Å². The van der Waals surface area contributed by atoms with Crippen molar-refractivity contribution < 1.29 is 39.9 Å². The van der Waals surface area contributed by atoms with E-state index in [4.69, 9.17) is 4.99 Å². The predicted octanol–water partition coefficient (Wildman–Crippen LogP) is 3.75. The minimum Gasteiger partial charge on any atom is -0.508 e. The number of phenolic OH excluding ortho intramolecular Hbond substituents is 4. The molecular formula is C21H24N2O4Zn. The SMILES string of the molecule is CC1(N=Cc2ccc(O)cc2O)CCCCC1N=Cc1ccc(O)cc1O.[Zn]. The number of phenols is 4. The summed E-state index contributed by atoms with van der Waals surface area (Å²) >= 11 is 0. The van der Waals surface area contributed by atoms with Crippen molar-refractivity contribution in [2.75, 3.05) is 0 Å². The first-order valence-electron chi connectivity index (χ1n) is 9.00. The van der Waals surface area contributed by atoms with Crippen LogP contribution in [0.15, 0.2) is 46.4 Å². The summed E-state index contributed by atoms with van der Waals surface area (Å²) in [4.78, 5) is 9.39. The fourth-order valence-corrected chi connectivity index (χ4v) is 3.35. The number of hydrogen-bond acceptors (Lipinski definition) is 6. The molecule has 0 spiro atoms. The molecule has 1 aliphatic carbocycles. The van der Waals surface area contributed by atoms with Gasteiger partial charge in [-0.15, -0.1) is 0 Å². The van der Waals surface area contributed by atoms with Crippen LogP contribution in [-0.4, -0.2) is 44.4 Å². The normalized spacial score (nSPS) is 22.4. The molecule has 0 aliphatic heterocycles. The standard InChI is InChI=1S/C21H24N2O4.Zn/c1-21(23-13-15-6-8-17(25)11-19(15)27)9-3-2-4-20(21)22-12-14-5-7-16(24)10-18(14)26;/h5-8,10-13,20,24-27H,2-4,9H2,1H3;. The van der Waals surface area contributed by atoms with Gasteiger partial charge in [0.1, 0.15) is 23.0 Å². The largest absolute Gasteiger partial charge is 0.508 e. The topological polar surface area (TPSA) is 106 Å². The third-order valence-corrected chi connectivity index (χ3v) is 5.05. The molecule has 0 heterocycles. The van der Waals surface area contributed by atoms with Crippen molar-refractivity contribution >= 4 is 12.4 Å². The number of nitrogens with zero attached hydrogens (tertiary/aromatic N) is 2. The fraction of sp³-hybridized carbons (Fsp3) is 0.333. The van der Waals surface area contributed by atoms with E-state index >= 15 is 0 Å². The molecule has 3 rings (SSSR count). The molecule has 28 heavy (non-hydrogen) atoms. The minimum atomic E-state index is -0.425. The van der Waals surface area contributed by atoms with Crippen molar-refractivity contribution in [1.82, 2.24) is 0 Å². The van der Waals surface area contributed by atoms with E-state index in [-0.39, 0.29) is 48.5 Å². The second kappa shape index (κ2) is 9.20. The van der Waals surface area contributed by atoms with Crippen LogP contribution < -0.4 is 0 Å². The summed E-state index contributed by atoms with van der Waals surface area (Å²) in [5.41, 5.74) is 0.658. The molecule has 1 aliphatic rings. The van der Waals surface area contributed by atoms with Crippen LogP contribution in [0.25, 0.3) is 0 Å². The Balaban J connectivity index is 0.00000280. The molecule has 0 aromatic heterocycles. The predicted molar refractivity (Wildman–Crippen MR) is 105 cm³/mol. The van der Waals surface area contributed by atoms with Gasteiger partial charge in [-0.3, -0.25) is 9.98 Å². The molecule has 1 fully saturated rings. The molecule has 1 saturated carbocycles. The van der Waals surface area contributed by atoms with Crippen molar-refractivity contribution in [3.8, 4) is 23.0 Å². The summed E-state index contributed by atoms with van der Waals surface area (Å²) < 4.78 is 0. The van der Waals surface area contributed by atoms with Crippen LogP contribution in [-0.2, 0) is 19.5 Å². The summed E-state index contributed by atoms with van der Waals surface area (Å²) in [7, 11) is 0. The molecule has 0 saturated heterocycles. The summed E-state index contributed by atoms with van der Waals surface area (Å²) in [6.45, 7) is 2.04. The second-order valence-corrected chi connectivity index (χ2v) is 7.14. The molecule has 7 heteroatoms. The average Bonchev–Trinajstić information content (AvgIpc) is 2.61. The van der Waals surface area contributed by atoms with Gasteiger partial charge in [0.15, 0.2) is 0 Å². The van der Waals surface area contributed by atoms with Gasteiger partial charge in [0.05, 0.1) is 11.6 Å². The van der Waals surface area contributed by atoms with E-state index in [9.17, 15) is 20.4 Å². The van der Waals surface area contributed by atoms with Gasteiger partial charge in [0.25, 0.3) is 0 Å². The summed E-state index contributed by atoms with van der Waals surface area (Å²) in [5.74, 6) is -0.0313.